The number of aryl methyl sites for hydroxylation is 1. The molecule has 0 unspecified atom stereocenters. The zero-order valence-corrected chi connectivity index (χ0v) is 21.1. The minimum atomic E-state index is -3.81. The average Bonchev–Trinajstić information content (AvgIpc) is 3.28. The first-order valence-corrected chi connectivity index (χ1v) is 13.6. The number of nitrogens with one attached hydrogen (secondary N) is 1. The van der Waals surface area contributed by atoms with Gasteiger partial charge in [-0.1, -0.05) is 47.7 Å². The Kier molecular flexibility index (Phi) is 6.57. The van der Waals surface area contributed by atoms with Crippen LogP contribution in [0.3, 0.4) is 0 Å². The van der Waals surface area contributed by atoms with Gasteiger partial charge in [0, 0.05) is 13.1 Å². The Labute approximate surface area is 212 Å². The first kappa shape index (κ1) is 24.1. The topological polar surface area (TPSA) is 106 Å². The van der Waals surface area contributed by atoms with E-state index in [9.17, 15) is 18.0 Å². The maximum absolute atomic E-state index is 13.2. The molecule has 4 aromatic rings. The van der Waals surface area contributed by atoms with Gasteiger partial charge in [-0.15, -0.1) is 0 Å². The number of esters is 1. The van der Waals surface area contributed by atoms with Gasteiger partial charge in [0.2, 0.25) is 10.0 Å². The lowest BCUT2D eigenvalue weighted by Gasteiger charge is -2.28. The molecular weight excluding hydrogens is 498 g/mol. The van der Waals surface area contributed by atoms with Crippen LogP contribution in [0.4, 0.5) is 5.13 Å². The van der Waals surface area contributed by atoms with E-state index in [-0.39, 0.29) is 17.0 Å². The fourth-order valence-corrected chi connectivity index (χ4v) is 6.51. The summed E-state index contributed by atoms with van der Waals surface area (Å²) in [5, 5.41) is 3.04. The molecule has 1 aliphatic rings. The van der Waals surface area contributed by atoms with Crippen molar-refractivity contribution < 1.29 is 22.7 Å². The molecule has 10 heteroatoms. The molecule has 1 aromatic heterocycles. The molecule has 0 bridgehead atoms. The summed E-state index contributed by atoms with van der Waals surface area (Å²) in [5.74, 6) is -1.32. The summed E-state index contributed by atoms with van der Waals surface area (Å²) in [6.45, 7) is 2.09. The lowest BCUT2D eigenvalue weighted by molar-refractivity contribution is -0.119. The summed E-state index contributed by atoms with van der Waals surface area (Å²) < 4.78 is 34.0. The van der Waals surface area contributed by atoms with Crippen molar-refractivity contribution in [2.24, 2.45) is 0 Å². The monoisotopic (exact) mass is 521 g/mol. The molecule has 1 amide bonds. The Morgan fingerprint density at radius 2 is 1.86 bits per heavy atom. The van der Waals surface area contributed by atoms with Crippen LogP contribution in [0, 0.1) is 6.92 Å². The number of sulfonamides is 1. The van der Waals surface area contributed by atoms with Crippen molar-refractivity contribution in [2.75, 3.05) is 18.5 Å². The van der Waals surface area contributed by atoms with Crippen LogP contribution in [0.2, 0.25) is 0 Å². The van der Waals surface area contributed by atoms with E-state index in [1.807, 2.05) is 49.4 Å². The number of carbonyl (C=O) groups is 2. The van der Waals surface area contributed by atoms with Gasteiger partial charge >= 0.3 is 5.97 Å². The molecule has 0 atom stereocenters. The lowest BCUT2D eigenvalue weighted by atomic mass is 10.0. The van der Waals surface area contributed by atoms with E-state index in [2.05, 4.69) is 10.3 Å². The van der Waals surface area contributed by atoms with Gasteiger partial charge in [0.15, 0.2) is 11.7 Å². The van der Waals surface area contributed by atoms with Crippen molar-refractivity contribution in [2.45, 2.75) is 24.8 Å². The number of anilines is 1. The normalized spacial score (nSPS) is 13.8. The number of benzene rings is 3. The van der Waals surface area contributed by atoms with Crippen molar-refractivity contribution in [3.8, 4) is 0 Å². The Morgan fingerprint density at radius 1 is 1.06 bits per heavy atom. The number of amides is 1. The predicted molar refractivity (Wildman–Crippen MR) is 137 cm³/mol. The van der Waals surface area contributed by atoms with Crippen molar-refractivity contribution in [1.29, 1.82) is 0 Å². The van der Waals surface area contributed by atoms with E-state index >= 15 is 0 Å². The van der Waals surface area contributed by atoms with Gasteiger partial charge in [-0.3, -0.25) is 10.1 Å². The average molecular weight is 522 g/mol. The second kappa shape index (κ2) is 9.81. The molecule has 0 aliphatic carbocycles. The van der Waals surface area contributed by atoms with E-state index < -0.39 is 28.5 Å². The molecule has 0 radical (unpaired) electrons. The SMILES string of the molecule is Cc1ccc2nc(NC(=O)COC(=O)c3cccc(S(=O)(=O)N4CCc5ccccc5C4)c3)sc2c1. The molecule has 0 saturated carbocycles. The van der Waals surface area contributed by atoms with Crippen LogP contribution >= 0.6 is 11.3 Å². The van der Waals surface area contributed by atoms with Gasteiger partial charge in [-0.05, 0) is 60.4 Å². The summed E-state index contributed by atoms with van der Waals surface area (Å²) >= 11 is 1.33. The summed E-state index contributed by atoms with van der Waals surface area (Å²) in [5.41, 5.74) is 4.02. The van der Waals surface area contributed by atoms with Crippen molar-refractivity contribution in [3.05, 3.63) is 89.0 Å². The highest BCUT2D eigenvalue weighted by molar-refractivity contribution is 7.89. The summed E-state index contributed by atoms with van der Waals surface area (Å²) in [4.78, 5) is 29.2. The van der Waals surface area contributed by atoms with Crippen molar-refractivity contribution >= 4 is 48.6 Å². The van der Waals surface area contributed by atoms with Crippen LogP contribution in [-0.4, -0.2) is 42.7 Å². The number of rotatable bonds is 6. The van der Waals surface area contributed by atoms with E-state index in [1.54, 1.807) is 0 Å². The largest absolute Gasteiger partial charge is 0.452 e. The molecule has 0 fully saturated rings. The molecule has 1 aliphatic heterocycles. The number of fused-ring (bicyclic) bond motifs is 2. The van der Waals surface area contributed by atoms with E-state index in [4.69, 9.17) is 4.74 Å². The maximum Gasteiger partial charge on any atom is 0.338 e. The third-order valence-corrected chi connectivity index (χ3v) is 8.70. The van der Waals surface area contributed by atoms with Crippen LogP contribution in [0.15, 0.2) is 71.6 Å². The van der Waals surface area contributed by atoms with Crippen LogP contribution in [0.25, 0.3) is 10.2 Å². The Morgan fingerprint density at radius 3 is 2.69 bits per heavy atom. The van der Waals surface area contributed by atoms with Crippen molar-refractivity contribution in [1.82, 2.24) is 9.29 Å². The first-order chi connectivity index (χ1) is 17.3. The smallest absolute Gasteiger partial charge is 0.338 e. The number of thiazole rings is 1. The standard InChI is InChI=1S/C26H23N3O5S2/c1-17-9-10-22-23(13-17)35-26(27-22)28-24(30)16-34-25(31)19-7-4-8-21(14-19)36(32,33)29-12-11-18-5-2-3-6-20(18)15-29/h2-10,13-14H,11-12,15-16H2,1H3,(H,27,28,30). The number of hydrogen-bond acceptors (Lipinski definition) is 7. The number of carbonyl (C=O) groups excluding carboxylic acids is 2. The zero-order valence-electron chi connectivity index (χ0n) is 19.4. The van der Waals surface area contributed by atoms with Crippen LogP contribution in [-0.2, 0) is 32.5 Å². The van der Waals surface area contributed by atoms with E-state index in [0.29, 0.717) is 18.1 Å². The molecule has 5 rings (SSSR count). The Hall–Kier alpha value is -3.60. The van der Waals surface area contributed by atoms with Gasteiger partial charge in [0.25, 0.3) is 5.91 Å². The molecule has 184 valence electrons. The van der Waals surface area contributed by atoms with Gasteiger partial charge in [0.1, 0.15) is 0 Å². The number of nitrogens with zero attached hydrogens (tertiary/aromatic N) is 2. The van der Waals surface area contributed by atoms with Crippen LogP contribution in [0.1, 0.15) is 27.0 Å². The fraction of sp³-hybridized carbons (Fsp3) is 0.192. The molecule has 1 N–H and O–H groups in total. The zero-order chi connectivity index (χ0) is 25.3. The van der Waals surface area contributed by atoms with Crippen LogP contribution in [0.5, 0.6) is 0 Å². The third-order valence-electron chi connectivity index (χ3n) is 5.93. The molecule has 0 saturated heterocycles. The molecular formula is C26H23N3O5S2. The summed E-state index contributed by atoms with van der Waals surface area (Å²) in [6.07, 6.45) is 0.626. The molecule has 2 heterocycles. The van der Waals surface area contributed by atoms with Gasteiger partial charge in [0.05, 0.1) is 20.7 Å². The summed E-state index contributed by atoms with van der Waals surface area (Å²) in [6, 6.07) is 19.2. The molecule has 0 spiro atoms. The minimum absolute atomic E-state index is 0.00514. The first-order valence-electron chi connectivity index (χ1n) is 11.3. The number of ether oxygens (including phenoxy) is 1. The number of aromatic nitrogens is 1. The fourth-order valence-electron chi connectivity index (χ4n) is 4.06. The molecule has 36 heavy (non-hydrogen) atoms. The summed E-state index contributed by atoms with van der Waals surface area (Å²) in [7, 11) is -3.81. The quantitative estimate of drug-likeness (QED) is 0.382. The minimum Gasteiger partial charge on any atom is -0.452 e. The second-order valence-electron chi connectivity index (χ2n) is 8.50. The van der Waals surface area contributed by atoms with Crippen LogP contribution < -0.4 is 5.32 Å². The highest BCUT2D eigenvalue weighted by Crippen LogP contribution is 2.27. The van der Waals surface area contributed by atoms with Crippen molar-refractivity contribution in [3.63, 3.8) is 0 Å². The third kappa shape index (κ3) is 5.01. The second-order valence-corrected chi connectivity index (χ2v) is 11.5. The van der Waals surface area contributed by atoms with Gasteiger partial charge < -0.3 is 4.74 Å². The molecule has 8 nitrogen and oxygen atoms in total. The highest BCUT2D eigenvalue weighted by Gasteiger charge is 2.29. The Bertz CT molecular complexity index is 1580. The molecule has 3 aromatic carbocycles. The maximum atomic E-state index is 13.2. The highest BCUT2D eigenvalue weighted by atomic mass is 32.2. The van der Waals surface area contributed by atoms with E-state index in [1.165, 1.54) is 39.9 Å². The Balaban J connectivity index is 1.23. The van der Waals surface area contributed by atoms with E-state index in [0.717, 1.165) is 26.9 Å². The van der Waals surface area contributed by atoms with Gasteiger partial charge in [-0.2, -0.15) is 4.31 Å². The predicted octanol–water partition coefficient (Wildman–Crippen LogP) is 4.15. The number of hydrogen-bond donors (Lipinski definition) is 1. The lowest BCUT2D eigenvalue weighted by Crippen LogP contribution is -2.36. The van der Waals surface area contributed by atoms with Gasteiger partial charge in [-0.25, -0.2) is 18.2 Å².